The molecule has 2 aromatic rings. The van der Waals surface area contributed by atoms with Gasteiger partial charge in [0.05, 0.1) is 13.2 Å². The van der Waals surface area contributed by atoms with Crippen LogP contribution >= 0.6 is 0 Å². The minimum absolute atomic E-state index is 0.0616. The average molecular weight is 378 g/mol. The minimum Gasteiger partial charge on any atom is -0.378 e. The molecule has 1 aliphatic carbocycles. The van der Waals surface area contributed by atoms with Crippen molar-refractivity contribution in [2.45, 2.75) is 24.7 Å². The fourth-order valence-electron chi connectivity index (χ4n) is 3.63. The molecule has 2 fully saturated rings. The average Bonchev–Trinajstić information content (AvgIpc) is 3.11. The van der Waals surface area contributed by atoms with Crippen molar-refractivity contribution in [3.8, 4) is 11.4 Å². The van der Waals surface area contributed by atoms with Crippen LogP contribution in [0.2, 0.25) is 0 Å². The summed E-state index contributed by atoms with van der Waals surface area (Å²) in [6, 6.07) is 2.38. The van der Waals surface area contributed by atoms with Crippen LogP contribution in [0, 0.1) is 11.6 Å². The van der Waals surface area contributed by atoms with Gasteiger partial charge in [-0.3, -0.25) is 4.79 Å². The summed E-state index contributed by atoms with van der Waals surface area (Å²) in [5.41, 5.74) is -0.750. The van der Waals surface area contributed by atoms with Gasteiger partial charge >= 0.3 is 0 Å². The summed E-state index contributed by atoms with van der Waals surface area (Å²) in [5, 5.41) is 6.46. The Balaban J connectivity index is 1.65. The molecule has 0 atom stereocenters. The number of ether oxygens (including phenoxy) is 1. The lowest BCUT2D eigenvalue weighted by Gasteiger charge is -2.35. The number of rotatable bonds is 4. The van der Waals surface area contributed by atoms with E-state index in [1.807, 2.05) is 0 Å². The van der Waals surface area contributed by atoms with Crippen LogP contribution < -0.4 is 10.2 Å². The third-order valence-corrected chi connectivity index (χ3v) is 5.31. The molecule has 1 amide bonds. The summed E-state index contributed by atoms with van der Waals surface area (Å²) in [6.07, 6.45) is 2.09. The van der Waals surface area contributed by atoms with Crippen molar-refractivity contribution >= 4 is 11.6 Å². The number of benzene rings is 1. The quantitative estimate of drug-likeness (QED) is 0.877. The second-order valence-corrected chi connectivity index (χ2v) is 6.83. The highest BCUT2D eigenvalue weighted by Crippen LogP contribution is 2.43. The largest absolute Gasteiger partial charge is 0.378 e. The Bertz CT molecular complexity index is 837. The lowest BCUT2D eigenvalue weighted by atomic mass is 9.68. The third-order valence-electron chi connectivity index (χ3n) is 5.31. The summed E-state index contributed by atoms with van der Waals surface area (Å²) in [6.45, 7) is 1.70. The lowest BCUT2D eigenvalue weighted by Crippen LogP contribution is -2.48. The van der Waals surface area contributed by atoms with Crippen LogP contribution in [0.25, 0.3) is 11.4 Å². The van der Waals surface area contributed by atoms with Crippen molar-refractivity contribution < 1.29 is 22.8 Å². The van der Waals surface area contributed by atoms with Crippen LogP contribution in [0.1, 0.15) is 25.2 Å². The molecule has 1 saturated heterocycles. The maximum atomic E-state index is 14.6. The van der Waals surface area contributed by atoms with Crippen LogP contribution in [0.4, 0.5) is 14.5 Å². The van der Waals surface area contributed by atoms with Gasteiger partial charge in [-0.05, 0) is 25.0 Å². The number of carbonyl (C=O) groups excluding carboxylic acids is 1. The second kappa shape index (κ2) is 6.88. The van der Waals surface area contributed by atoms with Crippen molar-refractivity contribution in [2.75, 3.05) is 38.3 Å². The van der Waals surface area contributed by atoms with Crippen LogP contribution in [-0.2, 0) is 14.9 Å². The van der Waals surface area contributed by atoms with Gasteiger partial charge in [0.15, 0.2) is 0 Å². The first-order chi connectivity index (χ1) is 13.0. The standard InChI is InChI=1S/C18H20F2N4O3/c1-21-16(25)18(3-2-4-18)17-22-15(23-27-17)11-9-12(19)14(13(20)10-11)24-5-7-26-8-6-24/h9-10H,2-8H2,1H3,(H,21,25). The Hall–Kier alpha value is -2.55. The molecule has 9 heteroatoms. The lowest BCUT2D eigenvalue weighted by molar-refractivity contribution is -0.130. The molecular formula is C18H20F2N4O3. The predicted octanol–water partition coefficient (Wildman–Crippen LogP) is 2.02. The number of carbonyl (C=O) groups is 1. The molecule has 2 aliphatic rings. The maximum Gasteiger partial charge on any atom is 0.242 e. The van der Waals surface area contributed by atoms with Crippen LogP contribution in [0.3, 0.4) is 0 Å². The van der Waals surface area contributed by atoms with Crippen molar-refractivity contribution in [1.29, 1.82) is 0 Å². The van der Waals surface area contributed by atoms with Crippen molar-refractivity contribution in [2.24, 2.45) is 0 Å². The number of hydrogen-bond donors (Lipinski definition) is 1. The molecule has 144 valence electrons. The molecule has 0 radical (unpaired) electrons. The zero-order chi connectivity index (χ0) is 19.0. The number of likely N-dealkylation sites (N-methyl/N-ethyl adjacent to an activating group) is 1. The Labute approximate surface area is 154 Å². The van der Waals surface area contributed by atoms with E-state index in [0.717, 1.165) is 6.42 Å². The smallest absolute Gasteiger partial charge is 0.242 e. The molecule has 1 N–H and O–H groups in total. The molecule has 4 rings (SSSR count). The van der Waals surface area contributed by atoms with Crippen molar-refractivity contribution in [1.82, 2.24) is 15.5 Å². The number of nitrogens with one attached hydrogen (secondary N) is 1. The fourth-order valence-corrected chi connectivity index (χ4v) is 3.63. The molecule has 7 nitrogen and oxygen atoms in total. The zero-order valence-electron chi connectivity index (χ0n) is 14.9. The van der Waals surface area contributed by atoms with Crippen LogP contribution in [0.5, 0.6) is 0 Å². The van der Waals surface area contributed by atoms with Gasteiger partial charge in [0.2, 0.25) is 17.6 Å². The van der Waals surface area contributed by atoms with E-state index < -0.39 is 17.0 Å². The van der Waals surface area contributed by atoms with Gasteiger partial charge in [-0.25, -0.2) is 8.78 Å². The van der Waals surface area contributed by atoms with Gasteiger partial charge in [0.25, 0.3) is 0 Å². The third kappa shape index (κ3) is 2.95. The first-order valence-corrected chi connectivity index (χ1v) is 8.93. The van der Waals surface area contributed by atoms with Gasteiger partial charge in [0.1, 0.15) is 22.7 Å². The highest BCUT2D eigenvalue weighted by Gasteiger charge is 2.50. The topological polar surface area (TPSA) is 80.5 Å². The second-order valence-electron chi connectivity index (χ2n) is 6.83. The molecule has 0 spiro atoms. The molecule has 0 unspecified atom stereocenters. The SMILES string of the molecule is CNC(=O)C1(c2nc(-c3cc(F)c(N4CCOCC4)c(F)c3)no2)CCC1. The van der Waals surface area contributed by atoms with E-state index in [1.165, 1.54) is 12.1 Å². The maximum absolute atomic E-state index is 14.6. The van der Waals surface area contributed by atoms with Gasteiger partial charge in [-0.1, -0.05) is 11.6 Å². The fraction of sp³-hybridized carbons (Fsp3) is 0.500. The summed E-state index contributed by atoms with van der Waals surface area (Å²) >= 11 is 0. The first-order valence-electron chi connectivity index (χ1n) is 8.93. The number of nitrogens with zero attached hydrogens (tertiary/aromatic N) is 3. The normalized spacial score (nSPS) is 18.9. The Kier molecular flexibility index (Phi) is 4.55. The molecular weight excluding hydrogens is 358 g/mol. The Morgan fingerprint density at radius 2 is 1.89 bits per heavy atom. The molecule has 1 aromatic heterocycles. The van der Waals surface area contributed by atoms with E-state index in [9.17, 15) is 13.6 Å². The summed E-state index contributed by atoms with van der Waals surface area (Å²) in [5.74, 6) is -1.33. The molecule has 1 aliphatic heterocycles. The van der Waals surface area contributed by atoms with E-state index in [2.05, 4.69) is 15.5 Å². The van der Waals surface area contributed by atoms with Gasteiger partial charge in [-0.15, -0.1) is 0 Å². The highest BCUT2D eigenvalue weighted by molar-refractivity contribution is 5.88. The van der Waals surface area contributed by atoms with E-state index in [0.29, 0.717) is 39.1 Å². The number of anilines is 1. The van der Waals surface area contributed by atoms with E-state index in [4.69, 9.17) is 9.26 Å². The number of halogens is 2. The molecule has 27 heavy (non-hydrogen) atoms. The van der Waals surface area contributed by atoms with Crippen molar-refractivity contribution in [3.05, 3.63) is 29.7 Å². The molecule has 1 aromatic carbocycles. The number of amides is 1. The van der Waals surface area contributed by atoms with E-state index in [-0.39, 0.29) is 28.9 Å². The van der Waals surface area contributed by atoms with Crippen LogP contribution in [-0.4, -0.2) is 49.4 Å². The molecule has 1 saturated carbocycles. The predicted molar refractivity (Wildman–Crippen MR) is 92.3 cm³/mol. The summed E-state index contributed by atoms with van der Waals surface area (Å²) in [7, 11) is 1.55. The number of aromatic nitrogens is 2. The molecule has 0 bridgehead atoms. The molecule has 2 heterocycles. The number of hydrogen-bond acceptors (Lipinski definition) is 6. The summed E-state index contributed by atoms with van der Waals surface area (Å²) < 4.78 is 39.7. The number of morpholine rings is 1. The minimum atomic E-state index is -0.842. The summed E-state index contributed by atoms with van der Waals surface area (Å²) in [4.78, 5) is 18.1. The van der Waals surface area contributed by atoms with Gasteiger partial charge < -0.3 is 19.5 Å². The Morgan fingerprint density at radius 3 is 2.44 bits per heavy atom. The van der Waals surface area contributed by atoms with E-state index in [1.54, 1.807) is 11.9 Å². The Morgan fingerprint density at radius 1 is 1.22 bits per heavy atom. The van der Waals surface area contributed by atoms with Gasteiger partial charge in [-0.2, -0.15) is 4.98 Å². The zero-order valence-corrected chi connectivity index (χ0v) is 14.9. The first kappa shape index (κ1) is 17.8. The van der Waals surface area contributed by atoms with Crippen molar-refractivity contribution in [3.63, 3.8) is 0 Å². The highest BCUT2D eigenvalue weighted by atomic mass is 19.1. The van der Waals surface area contributed by atoms with E-state index >= 15 is 0 Å². The monoisotopic (exact) mass is 378 g/mol. The van der Waals surface area contributed by atoms with Gasteiger partial charge in [0, 0.05) is 25.7 Å². The van der Waals surface area contributed by atoms with Crippen LogP contribution in [0.15, 0.2) is 16.7 Å².